The Labute approximate surface area is 327 Å². The number of aryl methyl sites for hydroxylation is 2. The van der Waals surface area contributed by atoms with Crippen molar-refractivity contribution in [3.05, 3.63) is 64.1 Å². The third kappa shape index (κ3) is 8.39. The molecule has 5 heterocycles. The number of nitrogens with zero attached hydrogens (tertiary/aromatic N) is 7. The smallest absolute Gasteiger partial charge is 0.329 e. The molecule has 3 aromatic heterocycles. The van der Waals surface area contributed by atoms with E-state index in [1.807, 2.05) is 18.2 Å². The number of para-hydroxylation sites is 1. The van der Waals surface area contributed by atoms with Gasteiger partial charge in [-0.25, -0.2) is 23.5 Å². The average Bonchev–Trinajstić information content (AvgIpc) is 3.58. The number of amides is 5. The summed E-state index contributed by atoms with van der Waals surface area (Å²) in [5.41, 5.74) is 10.5. The fourth-order valence-corrected chi connectivity index (χ4v) is 7.51. The first-order valence-corrected chi connectivity index (χ1v) is 19.6. The van der Waals surface area contributed by atoms with Gasteiger partial charge in [0.15, 0.2) is 11.3 Å². The van der Waals surface area contributed by atoms with Crippen LogP contribution in [0.1, 0.15) is 85.6 Å². The van der Waals surface area contributed by atoms with Crippen LogP contribution in [0.4, 0.5) is 14.9 Å². The van der Waals surface area contributed by atoms with E-state index < -0.39 is 30.1 Å². The van der Waals surface area contributed by atoms with Crippen molar-refractivity contribution < 1.29 is 23.6 Å². The van der Waals surface area contributed by atoms with Gasteiger partial charge >= 0.3 is 11.7 Å². The van der Waals surface area contributed by atoms with Gasteiger partial charge in [-0.2, -0.15) is 5.10 Å². The Balaban J connectivity index is 0.806. The highest BCUT2D eigenvalue weighted by Gasteiger charge is 2.39. The highest BCUT2D eigenvalue weighted by atomic mass is 19.1. The summed E-state index contributed by atoms with van der Waals surface area (Å²) in [4.78, 5) is 73.5. The molecule has 57 heavy (non-hydrogen) atoms. The van der Waals surface area contributed by atoms with Crippen LogP contribution in [0.15, 0.2) is 46.4 Å². The topological polar surface area (TPSA) is 215 Å². The standard InChI is InChI=1S/C39H49FN12O5/c1-42-29-17-27(48-52-32(20-45-35(29)52)37(55)46-28-16-26(28)40)24(18-41)19-44-25-21-50(22-25)38(56)43-15-8-6-4-3-5-7-10-23-11-9-12-30-34(23)49(2)39(57)51(30)31-13-14-33(53)47-36(31)54/h9,11-12,17-20,25-26,28,31,42H,3-8,10,13-16,21-22,41H2,1-2H3,(H,43,56)(H,46,55)(H,47,53,54)/t26-,28+,31?/m0/s1. The van der Waals surface area contributed by atoms with Gasteiger partial charge in [0, 0.05) is 64.6 Å². The van der Waals surface area contributed by atoms with Crippen molar-refractivity contribution in [3.63, 3.8) is 0 Å². The molecule has 3 atom stereocenters. The highest BCUT2D eigenvalue weighted by molar-refractivity contribution is 6.09. The Morgan fingerprint density at radius 3 is 2.58 bits per heavy atom. The first-order chi connectivity index (χ1) is 27.6. The van der Waals surface area contributed by atoms with Gasteiger partial charge < -0.3 is 26.6 Å². The number of piperidine rings is 1. The predicted octanol–water partition coefficient (Wildman–Crippen LogP) is 2.59. The van der Waals surface area contributed by atoms with Crippen molar-refractivity contribution in [1.29, 1.82) is 0 Å². The number of carbonyl (C=O) groups excluding carboxylic acids is 4. The second-order valence-corrected chi connectivity index (χ2v) is 14.9. The Hall–Kier alpha value is -6.07. The van der Waals surface area contributed by atoms with Crippen LogP contribution in [0, 0.1) is 0 Å². The number of allylic oxidation sites excluding steroid dienone is 1. The van der Waals surface area contributed by atoms with Gasteiger partial charge in [0.2, 0.25) is 11.8 Å². The molecule has 1 saturated carbocycles. The Morgan fingerprint density at radius 2 is 1.86 bits per heavy atom. The van der Waals surface area contributed by atoms with Crippen LogP contribution < -0.4 is 32.7 Å². The van der Waals surface area contributed by atoms with E-state index in [4.69, 9.17) is 5.73 Å². The van der Waals surface area contributed by atoms with Crippen LogP contribution in [0.2, 0.25) is 0 Å². The highest BCUT2D eigenvalue weighted by Crippen LogP contribution is 2.28. The molecule has 3 fully saturated rings. The molecule has 3 aliphatic rings. The third-order valence-electron chi connectivity index (χ3n) is 10.9. The minimum atomic E-state index is -1.03. The fraction of sp³-hybridized carbons (Fsp3) is 0.487. The summed E-state index contributed by atoms with van der Waals surface area (Å²) >= 11 is 0. The van der Waals surface area contributed by atoms with Crippen molar-refractivity contribution in [2.45, 2.75) is 88.5 Å². The monoisotopic (exact) mass is 784 g/mol. The lowest BCUT2D eigenvalue weighted by atomic mass is 10.0. The number of imidazole rings is 2. The second-order valence-electron chi connectivity index (χ2n) is 14.9. The number of unbranched alkanes of at least 4 members (excludes halogenated alkanes) is 5. The molecule has 6 N–H and O–H groups in total. The van der Waals surface area contributed by atoms with Gasteiger partial charge in [-0.05, 0) is 43.4 Å². The number of halogens is 1. The van der Waals surface area contributed by atoms with E-state index in [1.54, 1.807) is 35.8 Å². The third-order valence-corrected chi connectivity index (χ3v) is 10.9. The number of nitrogens with two attached hydrogens (primary N) is 1. The number of nitrogens with one attached hydrogen (secondary N) is 4. The van der Waals surface area contributed by atoms with E-state index in [0.717, 1.165) is 56.0 Å². The number of aromatic nitrogens is 5. The van der Waals surface area contributed by atoms with Crippen molar-refractivity contribution in [2.75, 3.05) is 32.0 Å². The summed E-state index contributed by atoms with van der Waals surface area (Å²) in [7, 11) is 3.46. The lowest BCUT2D eigenvalue weighted by Crippen LogP contribution is -2.56. The lowest BCUT2D eigenvalue weighted by Gasteiger charge is -2.36. The molecule has 4 aromatic rings. The van der Waals surface area contributed by atoms with E-state index in [1.165, 1.54) is 21.5 Å². The molecule has 2 aliphatic heterocycles. The van der Waals surface area contributed by atoms with Crippen LogP contribution in [0.3, 0.4) is 0 Å². The van der Waals surface area contributed by atoms with Crippen LogP contribution in [0.25, 0.3) is 22.3 Å². The molecule has 5 amide bonds. The van der Waals surface area contributed by atoms with Crippen LogP contribution in [-0.2, 0) is 23.1 Å². The minimum Gasteiger partial charge on any atom is -0.404 e. The number of imide groups is 1. The van der Waals surface area contributed by atoms with Gasteiger partial charge in [0.05, 0.1) is 40.7 Å². The largest absolute Gasteiger partial charge is 0.404 e. The quantitative estimate of drug-likeness (QED) is 0.0641. The molecule has 1 aromatic carbocycles. The van der Waals surface area contributed by atoms with Crippen LogP contribution >= 0.6 is 0 Å². The first kappa shape index (κ1) is 39.2. The normalized spacial score (nSPS) is 19.9. The van der Waals surface area contributed by atoms with Crippen molar-refractivity contribution in [1.82, 2.24) is 44.6 Å². The number of hydrogen-bond acceptors (Lipinski definition) is 10. The summed E-state index contributed by atoms with van der Waals surface area (Å²) in [6.07, 6.45) is 11.0. The van der Waals surface area contributed by atoms with Gasteiger partial charge in [-0.3, -0.25) is 33.8 Å². The number of carbonyl (C=O) groups is 4. The molecular weight excluding hydrogens is 736 g/mol. The minimum absolute atomic E-state index is 0.0953. The molecule has 0 bridgehead atoms. The number of likely N-dealkylation sites (tertiary alicyclic amines) is 1. The molecule has 302 valence electrons. The number of aliphatic imine (C=N–C) groups is 1. The molecule has 7 rings (SSSR count). The van der Waals surface area contributed by atoms with Crippen molar-refractivity contribution in [2.24, 2.45) is 17.8 Å². The van der Waals surface area contributed by atoms with Crippen LogP contribution in [-0.4, -0.2) is 104 Å². The molecular formula is C39H49FN12O5. The van der Waals surface area contributed by atoms with E-state index in [9.17, 15) is 28.4 Å². The van der Waals surface area contributed by atoms with Crippen LogP contribution in [0.5, 0.6) is 0 Å². The zero-order chi connectivity index (χ0) is 40.2. The molecule has 0 radical (unpaired) electrons. The maximum absolute atomic E-state index is 13.4. The SMILES string of the molecule is CNc1cc(C(C=NC2CN(C(=O)NCCCCCCCCc3cccc4c3n(C)c(=O)n4C3CCC(=O)NC3=O)C2)=CN)nn2c(C(=O)N[C@@H]3C[C@@H]3F)cnc12. The van der Waals surface area contributed by atoms with E-state index in [0.29, 0.717) is 60.6 Å². The average molecular weight is 785 g/mol. The van der Waals surface area contributed by atoms with E-state index in [2.05, 4.69) is 36.3 Å². The number of hydrogen-bond donors (Lipinski definition) is 5. The first-order valence-electron chi connectivity index (χ1n) is 19.6. The number of urea groups is 1. The van der Waals surface area contributed by atoms with Gasteiger partial charge in [-0.1, -0.05) is 37.8 Å². The molecule has 1 unspecified atom stereocenters. The summed E-state index contributed by atoms with van der Waals surface area (Å²) < 4.78 is 17.9. The second kappa shape index (κ2) is 17.0. The van der Waals surface area contributed by atoms with Crippen molar-refractivity contribution in [3.8, 4) is 0 Å². The van der Waals surface area contributed by atoms with Gasteiger partial charge in [0.1, 0.15) is 12.2 Å². The fourth-order valence-electron chi connectivity index (χ4n) is 7.51. The molecule has 0 spiro atoms. The van der Waals surface area contributed by atoms with Crippen molar-refractivity contribution >= 4 is 57.9 Å². The number of anilines is 1. The van der Waals surface area contributed by atoms with E-state index >= 15 is 0 Å². The lowest BCUT2D eigenvalue weighted by molar-refractivity contribution is -0.135. The zero-order valence-corrected chi connectivity index (χ0v) is 32.2. The maximum atomic E-state index is 13.4. The molecule has 18 heteroatoms. The number of alkyl halides is 1. The zero-order valence-electron chi connectivity index (χ0n) is 32.2. The summed E-state index contributed by atoms with van der Waals surface area (Å²) in [6, 6.07) is 6.16. The maximum Gasteiger partial charge on any atom is 0.329 e. The van der Waals surface area contributed by atoms with E-state index in [-0.39, 0.29) is 35.8 Å². The number of rotatable bonds is 16. The number of benzene rings is 1. The Morgan fingerprint density at radius 1 is 1.11 bits per heavy atom. The van der Waals surface area contributed by atoms with Gasteiger partial charge in [0.25, 0.3) is 5.91 Å². The summed E-state index contributed by atoms with van der Waals surface area (Å²) in [5.74, 6) is -1.21. The molecule has 2 saturated heterocycles. The summed E-state index contributed by atoms with van der Waals surface area (Å²) in [5, 5.41) is 15.7. The Kier molecular flexibility index (Phi) is 11.7. The molecule has 1 aliphatic carbocycles. The summed E-state index contributed by atoms with van der Waals surface area (Å²) in [6.45, 7) is 1.54. The predicted molar refractivity (Wildman–Crippen MR) is 213 cm³/mol. The molecule has 17 nitrogen and oxygen atoms in total. The number of fused-ring (bicyclic) bond motifs is 2. The van der Waals surface area contributed by atoms with Gasteiger partial charge in [-0.15, -0.1) is 0 Å². The Bertz CT molecular complexity index is 2300.